The van der Waals surface area contributed by atoms with Gasteiger partial charge < -0.3 is 10.7 Å². The van der Waals surface area contributed by atoms with Crippen molar-refractivity contribution in [3.8, 4) is 0 Å². The first-order chi connectivity index (χ1) is 9.42. The molecule has 20 heavy (non-hydrogen) atoms. The molecule has 4 N–H and O–H groups in total. The van der Waals surface area contributed by atoms with Gasteiger partial charge in [-0.15, -0.1) is 0 Å². The fraction of sp³-hybridized carbons (Fsp3) is 0.0909. The average Bonchev–Trinajstić information content (AvgIpc) is 2.38. The molecule has 9 heteroatoms. The quantitative estimate of drug-likeness (QED) is 0.556. The number of hydrogen-bond acceptors (Lipinski definition) is 6. The Labute approximate surface area is 119 Å². The number of nitrogens with zero attached hydrogens (tertiary/aromatic N) is 1. The minimum absolute atomic E-state index is 0.0128. The SMILES string of the molecule is CNS(=O)(=O)c1ccc(Sc2nccc(=O)[nH]2)cc1N. The molecule has 2 aromatic rings. The molecule has 1 aromatic carbocycles. The monoisotopic (exact) mass is 312 g/mol. The number of nitrogen functional groups attached to an aromatic ring is 1. The second-order valence-electron chi connectivity index (χ2n) is 3.75. The maximum absolute atomic E-state index is 11.7. The lowest BCUT2D eigenvalue weighted by Crippen LogP contribution is -2.19. The lowest BCUT2D eigenvalue weighted by Gasteiger charge is -2.07. The zero-order valence-corrected chi connectivity index (χ0v) is 12.1. The van der Waals surface area contributed by atoms with Crippen LogP contribution in [0.25, 0.3) is 0 Å². The van der Waals surface area contributed by atoms with Crippen LogP contribution in [0.3, 0.4) is 0 Å². The number of rotatable bonds is 4. The Kier molecular flexibility index (Phi) is 4.12. The largest absolute Gasteiger partial charge is 0.398 e. The highest BCUT2D eigenvalue weighted by Crippen LogP contribution is 2.28. The van der Waals surface area contributed by atoms with Crippen LogP contribution in [0, 0.1) is 0 Å². The number of nitrogens with one attached hydrogen (secondary N) is 2. The molecule has 0 saturated heterocycles. The number of H-pyrrole nitrogens is 1. The van der Waals surface area contributed by atoms with Gasteiger partial charge in [-0.05, 0) is 25.2 Å². The molecule has 0 radical (unpaired) electrons. The minimum atomic E-state index is -3.58. The number of aromatic amines is 1. The second kappa shape index (κ2) is 5.65. The van der Waals surface area contributed by atoms with Gasteiger partial charge >= 0.3 is 0 Å². The van der Waals surface area contributed by atoms with Crippen molar-refractivity contribution < 1.29 is 8.42 Å². The van der Waals surface area contributed by atoms with Crippen molar-refractivity contribution in [2.24, 2.45) is 0 Å². The Bertz CT molecular complexity index is 786. The lowest BCUT2D eigenvalue weighted by molar-refractivity contribution is 0.588. The summed E-state index contributed by atoms with van der Waals surface area (Å²) >= 11 is 1.18. The number of nitrogens with two attached hydrogens (primary N) is 1. The zero-order chi connectivity index (χ0) is 14.8. The molecule has 0 atom stereocenters. The third kappa shape index (κ3) is 3.18. The second-order valence-corrected chi connectivity index (χ2v) is 6.67. The van der Waals surface area contributed by atoms with Crippen LogP contribution >= 0.6 is 11.8 Å². The van der Waals surface area contributed by atoms with Crippen LogP contribution in [0.2, 0.25) is 0 Å². The summed E-state index contributed by atoms with van der Waals surface area (Å²) in [6.45, 7) is 0. The molecule has 0 spiro atoms. The van der Waals surface area contributed by atoms with E-state index in [0.29, 0.717) is 10.1 Å². The van der Waals surface area contributed by atoms with E-state index in [1.165, 1.54) is 43.2 Å². The van der Waals surface area contributed by atoms with E-state index in [2.05, 4.69) is 14.7 Å². The van der Waals surface area contributed by atoms with E-state index in [0.717, 1.165) is 0 Å². The standard InChI is InChI=1S/C11H12N4O3S2/c1-13-20(17,18)9-3-2-7(6-8(9)12)19-11-14-5-4-10(16)15-11/h2-6,13H,12H2,1H3,(H,14,15,16). The number of benzene rings is 1. The predicted molar refractivity (Wildman–Crippen MR) is 76.1 cm³/mol. The Hall–Kier alpha value is -1.84. The van der Waals surface area contributed by atoms with Crippen LogP contribution in [0.4, 0.5) is 5.69 Å². The fourth-order valence-electron chi connectivity index (χ4n) is 1.46. The molecule has 0 bridgehead atoms. The molecule has 1 heterocycles. The molecule has 1 aromatic heterocycles. The summed E-state index contributed by atoms with van der Waals surface area (Å²) in [4.78, 5) is 18.4. The molecule has 106 valence electrons. The highest BCUT2D eigenvalue weighted by atomic mass is 32.2. The van der Waals surface area contributed by atoms with Gasteiger partial charge in [0.1, 0.15) is 4.90 Å². The molecule has 0 saturated carbocycles. The van der Waals surface area contributed by atoms with Gasteiger partial charge in [0.2, 0.25) is 10.0 Å². The van der Waals surface area contributed by atoms with Crippen molar-refractivity contribution in [1.82, 2.24) is 14.7 Å². The Morgan fingerprint density at radius 2 is 2.10 bits per heavy atom. The van der Waals surface area contributed by atoms with E-state index in [4.69, 9.17) is 5.73 Å². The van der Waals surface area contributed by atoms with Gasteiger partial charge in [0.25, 0.3) is 5.56 Å². The number of hydrogen-bond donors (Lipinski definition) is 3. The third-order valence-electron chi connectivity index (χ3n) is 2.40. The van der Waals surface area contributed by atoms with Gasteiger partial charge in [0.05, 0.1) is 5.69 Å². The molecular weight excluding hydrogens is 300 g/mol. The maximum Gasteiger partial charge on any atom is 0.251 e. The van der Waals surface area contributed by atoms with Gasteiger partial charge in [0.15, 0.2) is 5.16 Å². The van der Waals surface area contributed by atoms with E-state index in [1.807, 2.05) is 0 Å². The minimum Gasteiger partial charge on any atom is -0.398 e. The van der Waals surface area contributed by atoms with Crippen LogP contribution in [-0.2, 0) is 10.0 Å². The van der Waals surface area contributed by atoms with E-state index < -0.39 is 10.0 Å². The fourth-order valence-corrected chi connectivity index (χ4v) is 3.11. The van der Waals surface area contributed by atoms with E-state index in [1.54, 1.807) is 6.07 Å². The molecule has 0 aliphatic heterocycles. The van der Waals surface area contributed by atoms with Gasteiger partial charge in [-0.2, -0.15) is 0 Å². The Morgan fingerprint density at radius 1 is 1.35 bits per heavy atom. The van der Waals surface area contributed by atoms with Crippen LogP contribution in [0.1, 0.15) is 0 Å². The molecule has 0 fully saturated rings. The van der Waals surface area contributed by atoms with Gasteiger partial charge in [0, 0.05) is 17.2 Å². The molecule has 0 aliphatic rings. The summed E-state index contributed by atoms with van der Waals surface area (Å²) in [5.41, 5.74) is 5.61. The van der Waals surface area contributed by atoms with Crippen LogP contribution in [0.15, 0.2) is 50.2 Å². The van der Waals surface area contributed by atoms with Gasteiger partial charge in [-0.25, -0.2) is 18.1 Å². The lowest BCUT2D eigenvalue weighted by atomic mass is 10.3. The van der Waals surface area contributed by atoms with E-state index in [9.17, 15) is 13.2 Å². The van der Waals surface area contributed by atoms with Crippen LogP contribution in [0.5, 0.6) is 0 Å². The van der Waals surface area contributed by atoms with Gasteiger partial charge in [-0.1, -0.05) is 11.8 Å². The van der Waals surface area contributed by atoms with Crippen molar-refractivity contribution >= 4 is 27.5 Å². The summed E-state index contributed by atoms with van der Waals surface area (Å²) in [5, 5.41) is 0.404. The molecule has 7 nitrogen and oxygen atoms in total. The summed E-state index contributed by atoms with van der Waals surface area (Å²) in [6, 6.07) is 5.83. The van der Waals surface area contributed by atoms with Crippen molar-refractivity contribution in [2.45, 2.75) is 14.9 Å². The average molecular weight is 312 g/mol. The topological polar surface area (TPSA) is 118 Å². The molecule has 2 rings (SSSR count). The van der Waals surface area contributed by atoms with Gasteiger partial charge in [-0.3, -0.25) is 4.79 Å². The van der Waals surface area contributed by atoms with Crippen molar-refractivity contribution in [1.29, 1.82) is 0 Å². The highest BCUT2D eigenvalue weighted by Gasteiger charge is 2.15. The third-order valence-corrected chi connectivity index (χ3v) is 4.78. The normalized spacial score (nSPS) is 11.4. The number of aromatic nitrogens is 2. The first kappa shape index (κ1) is 14.6. The van der Waals surface area contributed by atoms with Crippen LogP contribution in [-0.4, -0.2) is 25.4 Å². The first-order valence-electron chi connectivity index (χ1n) is 5.48. The molecule has 0 aliphatic carbocycles. The van der Waals surface area contributed by atoms with Crippen molar-refractivity contribution in [3.05, 3.63) is 40.8 Å². The number of sulfonamides is 1. The number of anilines is 1. The Balaban J connectivity index is 2.33. The first-order valence-corrected chi connectivity index (χ1v) is 7.78. The van der Waals surface area contributed by atoms with Crippen LogP contribution < -0.4 is 16.0 Å². The molecule has 0 amide bonds. The summed E-state index contributed by atoms with van der Waals surface area (Å²) in [5.74, 6) is 0. The Morgan fingerprint density at radius 3 is 2.70 bits per heavy atom. The highest BCUT2D eigenvalue weighted by molar-refractivity contribution is 7.99. The maximum atomic E-state index is 11.7. The van der Waals surface area contributed by atoms with E-state index in [-0.39, 0.29) is 16.1 Å². The van der Waals surface area contributed by atoms with Crippen molar-refractivity contribution in [2.75, 3.05) is 12.8 Å². The van der Waals surface area contributed by atoms with E-state index >= 15 is 0 Å². The smallest absolute Gasteiger partial charge is 0.251 e. The zero-order valence-electron chi connectivity index (χ0n) is 10.5. The summed E-state index contributed by atoms with van der Waals surface area (Å²) in [6.07, 6.45) is 1.39. The molecular formula is C11H12N4O3S2. The van der Waals surface area contributed by atoms with Crippen molar-refractivity contribution in [3.63, 3.8) is 0 Å². The summed E-state index contributed by atoms with van der Waals surface area (Å²) < 4.78 is 25.6. The molecule has 0 unspecified atom stereocenters. The summed E-state index contributed by atoms with van der Waals surface area (Å²) in [7, 11) is -2.27. The predicted octanol–water partition coefficient (Wildman–Crippen LogP) is 0.411.